The summed E-state index contributed by atoms with van der Waals surface area (Å²) in [6.07, 6.45) is -4.05. The van der Waals surface area contributed by atoms with Crippen LogP contribution in [0.15, 0.2) is 18.2 Å². The molecule has 0 unspecified atom stereocenters. The second-order valence-electron chi connectivity index (χ2n) is 4.29. The first-order valence-electron chi connectivity index (χ1n) is 5.91. The van der Waals surface area contributed by atoms with Gasteiger partial charge < -0.3 is 5.32 Å². The quantitative estimate of drug-likeness (QED) is 0.610. The second-order valence-corrected chi connectivity index (χ2v) is 4.29. The van der Waals surface area contributed by atoms with Gasteiger partial charge in [0.2, 0.25) is 0 Å². The van der Waals surface area contributed by atoms with E-state index in [1.54, 1.807) is 6.07 Å². The van der Waals surface area contributed by atoms with Crippen molar-refractivity contribution in [3.8, 4) is 0 Å². The molecule has 0 saturated heterocycles. The highest BCUT2D eigenvalue weighted by Crippen LogP contribution is 2.20. The Kier molecular flexibility index (Phi) is 5.59. The number of hydrogen-bond acceptors (Lipinski definition) is 1. The van der Waals surface area contributed by atoms with E-state index in [9.17, 15) is 17.6 Å². The average molecular weight is 263 g/mol. The van der Waals surface area contributed by atoms with Crippen LogP contribution in [0.3, 0.4) is 0 Å². The van der Waals surface area contributed by atoms with Crippen LogP contribution >= 0.6 is 0 Å². The van der Waals surface area contributed by atoms with Crippen LogP contribution in [0.2, 0.25) is 0 Å². The van der Waals surface area contributed by atoms with E-state index in [1.165, 1.54) is 12.1 Å². The number of alkyl halides is 3. The van der Waals surface area contributed by atoms with E-state index < -0.39 is 12.6 Å². The Hall–Kier alpha value is -1.10. The molecule has 0 aromatic heterocycles. The van der Waals surface area contributed by atoms with Gasteiger partial charge in [-0.25, -0.2) is 4.39 Å². The zero-order chi connectivity index (χ0) is 13.6. The van der Waals surface area contributed by atoms with Crippen molar-refractivity contribution < 1.29 is 17.6 Å². The lowest BCUT2D eigenvalue weighted by Crippen LogP contribution is -2.20. The number of hydrogen-bond donors (Lipinski definition) is 1. The molecule has 0 heterocycles. The van der Waals surface area contributed by atoms with Crippen LogP contribution in [0.5, 0.6) is 0 Å². The normalized spacial score (nSPS) is 11.8. The van der Waals surface area contributed by atoms with Gasteiger partial charge in [0, 0.05) is 6.42 Å². The maximum absolute atomic E-state index is 12.8. The molecule has 0 aliphatic heterocycles. The molecule has 0 fully saturated rings. The molecule has 1 aromatic rings. The Morgan fingerprint density at radius 3 is 2.50 bits per heavy atom. The molecule has 0 saturated carbocycles. The molecule has 18 heavy (non-hydrogen) atoms. The lowest BCUT2D eigenvalue weighted by Gasteiger charge is -2.08. The maximum Gasteiger partial charge on any atom is 0.389 e. The van der Waals surface area contributed by atoms with Crippen molar-refractivity contribution in [2.75, 3.05) is 13.1 Å². The van der Waals surface area contributed by atoms with Crippen molar-refractivity contribution in [3.63, 3.8) is 0 Å². The van der Waals surface area contributed by atoms with Gasteiger partial charge in [0.1, 0.15) is 5.82 Å². The van der Waals surface area contributed by atoms with Crippen LogP contribution in [-0.2, 0) is 6.42 Å². The molecule has 102 valence electrons. The minimum atomic E-state index is -4.07. The molecular formula is C13H17F4N. The van der Waals surface area contributed by atoms with Crippen molar-refractivity contribution >= 4 is 0 Å². The van der Waals surface area contributed by atoms with Gasteiger partial charge in [-0.2, -0.15) is 13.2 Å². The molecule has 0 aliphatic carbocycles. The van der Waals surface area contributed by atoms with Gasteiger partial charge in [0.05, 0.1) is 0 Å². The van der Waals surface area contributed by atoms with E-state index in [4.69, 9.17) is 0 Å². The van der Waals surface area contributed by atoms with Crippen LogP contribution < -0.4 is 5.32 Å². The molecule has 0 bridgehead atoms. The lowest BCUT2D eigenvalue weighted by atomic mass is 10.1. The second kappa shape index (κ2) is 6.73. The van der Waals surface area contributed by atoms with Gasteiger partial charge >= 0.3 is 6.18 Å². The molecule has 1 N–H and O–H groups in total. The highest BCUT2D eigenvalue weighted by atomic mass is 19.4. The number of aryl methyl sites for hydroxylation is 1. The molecule has 0 spiro atoms. The minimum Gasteiger partial charge on any atom is -0.316 e. The van der Waals surface area contributed by atoms with Crippen LogP contribution in [0.4, 0.5) is 17.6 Å². The third kappa shape index (κ3) is 6.00. The topological polar surface area (TPSA) is 12.0 Å². The molecule has 0 amide bonds. The van der Waals surface area contributed by atoms with Crippen molar-refractivity contribution in [2.45, 2.75) is 32.4 Å². The van der Waals surface area contributed by atoms with E-state index >= 15 is 0 Å². The standard InChI is InChI=1S/C13H17F4N/c1-10-9-12(14)4-3-11(10)5-8-18-7-2-6-13(15,16)17/h3-4,9,18H,2,5-8H2,1H3. The lowest BCUT2D eigenvalue weighted by molar-refractivity contribution is -0.135. The van der Waals surface area contributed by atoms with Crippen molar-refractivity contribution in [1.29, 1.82) is 0 Å². The first-order chi connectivity index (χ1) is 8.38. The van der Waals surface area contributed by atoms with E-state index in [-0.39, 0.29) is 12.2 Å². The highest BCUT2D eigenvalue weighted by molar-refractivity contribution is 5.26. The van der Waals surface area contributed by atoms with E-state index in [1.807, 2.05) is 6.92 Å². The Morgan fingerprint density at radius 1 is 1.17 bits per heavy atom. The third-order valence-electron chi connectivity index (χ3n) is 2.69. The fraction of sp³-hybridized carbons (Fsp3) is 0.538. The number of benzene rings is 1. The summed E-state index contributed by atoms with van der Waals surface area (Å²) in [7, 11) is 0. The smallest absolute Gasteiger partial charge is 0.316 e. The van der Waals surface area contributed by atoms with Crippen molar-refractivity contribution in [1.82, 2.24) is 5.32 Å². The summed E-state index contributed by atoms with van der Waals surface area (Å²) < 4.78 is 48.4. The average Bonchev–Trinajstić information content (AvgIpc) is 2.24. The Balaban J connectivity index is 2.18. The predicted octanol–water partition coefficient (Wildman–Crippen LogP) is 3.61. The summed E-state index contributed by atoms with van der Waals surface area (Å²) in [6, 6.07) is 4.56. The van der Waals surface area contributed by atoms with Crippen molar-refractivity contribution in [3.05, 3.63) is 35.1 Å². The highest BCUT2D eigenvalue weighted by Gasteiger charge is 2.25. The summed E-state index contributed by atoms with van der Waals surface area (Å²) in [5.74, 6) is -0.269. The van der Waals surface area contributed by atoms with Gasteiger partial charge in [0.25, 0.3) is 0 Å². The minimum absolute atomic E-state index is 0.0892. The van der Waals surface area contributed by atoms with Crippen LogP contribution in [0, 0.1) is 12.7 Å². The molecule has 0 aliphatic rings. The van der Waals surface area contributed by atoms with Crippen molar-refractivity contribution in [2.24, 2.45) is 0 Å². The molecular weight excluding hydrogens is 246 g/mol. The molecule has 0 atom stereocenters. The van der Waals surface area contributed by atoms with Crippen LogP contribution in [0.25, 0.3) is 0 Å². The van der Waals surface area contributed by atoms with Gasteiger partial charge in [0.15, 0.2) is 0 Å². The Morgan fingerprint density at radius 2 is 1.89 bits per heavy atom. The van der Waals surface area contributed by atoms with Gasteiger partial charge in [-0.3, -0.25) is 0 Å². The third-order valence-corrected chi connectivity index (χ3v) is 2.69. The summed E-state index contributed by atoms with van der Waals surface area (Å²) in [5, 5.41) is 2.95. The number of halogens is 4. The fourth-order valence-corrected chi connectivity index (χ4v) is 1.70. The summed E-state index contributed by atoms with van der Waals surface area (Å²) >= 11 is 0. The first-order valence-corrected chi connectivity index (χ1v) is 5.91. The SMILES string of the molecule is Cc1cc(F)ccc1CCNCCCC(F)(F)F. The van der Waals surface area contributed by atoms with E-state index in [2.05, 4.69) is 5.32 Å². The number of rotatable bonds is 6. The number of nitrogens with one attached hydrogen (secondary N) is 1. The molecule has 0 radical (unpaired) electrons. The summed E-state index contributed by atoms with van der Waals surface area (Å²) in [5.41, 5.74) is 1.88. The molecule has 1 nitrogen and oxygen atoms in total. The maximum atomic E-state index is 12.8. The molecule has 1 rings (SSSR count). The predicted molar refractivity (Wildman–Crippen MR) is 63.0 cm³/mol. The molecule has 1 aromatic carbocycles. The van der Waals surface area contributed by atoms with Crippen LogP contribution in [-0.4, -0.2) is 19.3 Å². The zero-order valence-electron chi connectivity index (χ0n) is 10.3. The van der Waals surface area contributed by atoms with Gasteiger partial charge in [-0.15, -0.1) is 0 Å². The fourth-order valence-electron chi connectivity index (χ4n) is 1.70. The summed E-state index contributed by atoms with van der Waals surface area (Å²) in [4.78, 5) is 0. The zero-order valence-corrected chi connectivity index (χ0v) is 10.3. The largest absolute Gasteiger partial charge is 0.389 e. The monoisotopic (exact) mass is 263 g/mol. The van der Waals surface area contributed by atoms with Gasteiger partial charge in [-0.05, 0) is 56.1 Å². The summed E-state index contributed by atoms with van der Waals surface area (Å²) in [6.45, 7) is 2.77. The Bertz CT molecular complexity index is 374. The van der Waals surface area contributed by atoms with E-state index in [0.717, 1.165) is 11.1 Å². The van der Waals surface area contributed by atoms with Crippen LogP contribution in [0.1, 0.15) is 24.0 Å². The van der Waals surface area contributed by atoms with E-state index in [0.29, 0.717) is 19.5 Å². The van der Waals surface area contributed by atoms with Gasteiger partial charge in [-0.1, -0.05) is 6.07 Å². The Labute approximate surface area is 104 Å². The first kappa shape index (κ1) is 15.0. The molecule has 5 heteroatoms.